The van der Waals surface area contributed by atoms with E-state index in [2.05, 4.69) is 26.2 Å². The maximum absolute atomic E-state index is 12.3. The van der Waals surface area contributed by atoms with Crippen LogP contribution in [-0.2, 0) is 9.84 Å². The van der Waals surface area contributed by atoms with Crippen molar-refractivity contribution in [1.29, 1.82) is 0 Å². The van der Waals surface area contributed by atoms with Crippen molar-refractivity contribution in [3.8, 4) is 0 Å². The van der Waals surface area contributed by atoms with E-state index >= 15 is 0 Å². The van der Waals surface area contributed by atoms with E-state index in [-0.39, 0.29) is 10.3 Å². The second kappa shape index (κ2) is 4.81. The lowest BCUT2D eigenvalue weighted by Gasteiger charge is -2.22. The minimum atomic E-state index is -3.31. The van der Waals surface area contributed by atoms with Gasteiger partial charge in [-0.25, -0.2) is 13.4 Å². The van der Waals surface area contributed by atoms with Gasteiger partial charge in [-0.2, -0.15) is 0 Å². The molecule has 1 N–H and O–H groups in total. The SMILES string of the molecule is O=S(=O)(c1ncccc1Br)C1CCCNC1. The van der Waals surface area contributed by atoms with Crippen LogP contribution in [0.2, 0.25) is 0 Å². The van der Waals surface area contributed by atoms with Crippen LogP contribution in [0.3, 0.4) is 0 Å². The van der Waals surface area contributed by atoms with Crippen LogP contribution in [0, 0.1) is 0 Å². The van der Waals surface area contributed by atoms with Gasteiger partial charge >= 0.3 is 0 Å². The molecule has 0 radical (unpaired) electrons. The lowest BCUT2D eigenvalue weighted by Crippen LogP contribution is -2.39. The number of rotatable bonds is 2. The van der Waals surface area contributed by atoms with E-state index in [1.54, 1.807) is 12.1 Å². The molecule has 1 aliphatic heterocycles. The molecule has 1 unspecified atom stereocenters. The zero-order chi connectivity index (χ0) is 11.6. The highest BCUT2D eigenvalue weighted by Crippen LogP contribution is 2.25. The van der Waals surface area contributed by atoms with Gasteiger partial charge in [-0.05, 0) is 47.4 Å². The molecule has 0 aromatic carbocycles. The van der Waals surface area contributed by atoms with Crippen molar-refractivity contribution >= 4 is 25.8 Å². The van der Waals surface area contributed by atoms with Crippen LogP contribution in [0.4, 0.5) is 0 Å². The van der Waals surface area contributed by atoms with Gasteiger partial charge in [0.2, 0.25) is 9.84 Å². The molecule has 0 saturated carbocycles. The molecule has 0 bridgehead atoms. The van der Waals surface area contributed by atoms with Crippen molar-refractivity contribution in [3.05, 3.63) is 22.8 Å². The molecular formula is C10H13BrN2O2S. The molecule has 2 rings (SSSR count). The van der Waals surface area contributed by atoms with Crippen molar-refractivity contribution in [2.45, 2.75) is 23.1 Å². The lowest BCUT2D eigenvalue weighted by molar-refractivity contribution is 0.495. The maximum atomic E-state index is 12.3. The Bertz CT molecular complexity index is 469. The van der Waals surface area contributed by atoms with Crippen molar-refractivity contribution in [3.63, 3.8) is 0 Å². The van der Waals surface area contributed by atoms with Gasteiger partial charge in [0, 0.05) is 12.7 Å². The van der Waals surface area contributed by atoms with Crippen LogP contribution in [0.25, 0.3) is 0 Å². The molecule has 88 valence electrons. The van der Waals surface area contributed by atoms with Crippen molar-refractivity contribution < 1.29 is 8.42 Å². The Morgan fingerprint density at radius 1 is 1.50 bits per heavy atom. The largest absolute Gasteiger partial charge is 0.315 e. The number of piperidine rings is 1. The lowest BCUT2D eigenvalue weighted by atomic mass is 10.2. The summed E-state index contributed by atoms with van der Waals surface area (Å²) in [6.07, 6.45) is 3.11. The van der Waals surface area contributed by atoms with E-state index in [1.165, 1.54) is 6.20 Å². The third-order valence-electron chi connectivity index (χ3n) is 2.68. The number of aromatic nitrogens is 1. The summed E-state index contributed by atoms with van der Waals surface area (Å²) in [4.78, 5) is 3.96. The molecule has 6 heteroatoms. The number of hydrogen-bond donors (Lipinski definition) is 1. The quantitative estimate of drug-likeness (QED) is 0.896. The van der Waals surface area contributed by atoms with Crippen molar-refractivity contribution in [2.75, 3.05) is 13.1 Å². The highest BCUT2D eigenvalue weighted by Gasteiger charge is 2.31. The third-order valence-corrected chi connectivity index (χ3v) is 5.73. The van der Waals surface area contributed by atoms with Crippen LogP contribution in [0.1, 0.15) is 12.8 Å². The van der Waals surface area contributed by atoms with Crippen LogP contribution >= 0.6 is 15.9 Å². The molecule has 4 nitrogen and oxygen atoms in total. The Balaban J connectivity index is 2.35. The first-order valence-electron chi connectivity index (χ1n) is 5.17. The molecule has 0 spiro atoms. The van der Waals surface area contributed by atoms with Gasteiger partial charge in [0.15, 0.2) is 5.03 Å². The summed E-state index contributed by atoms with van der Waals surface area (Å²) >= 11 is 3.24. The number of hydrogen-bond acceptors (Lipinski definition) is 4. The van der Waals surface area contributed by atoms with Gasteiger partial charge in [-0.1, -0.05) is 0 Å². The first-order valence-corrected chi connectivity index (χ1v) is 7.51. The second-order valence-corrected chi connectivity index (χ2v) is 6.80. The molecule has 1 aliphatic rings. The molecular weight excluding hydrogens is 292 g/mol. The Morgan fingerprint density at radius 2 is 2.31 bits per heavy atom. The van der Waals surface area contributed by atoms with E-state index in [9.17, 15) is 8.42 Å². The predicted molar refractivity (Wildman–Crippen MR) is 65.0 cm³/mol. The summed E-state index contributed by atoms with van der Waals surface area (Å²) < 4.78 is 25.1. The van der Waals surface area contributed by atoms with Crippen molar-refractivity contribution in [2.24, 2.45) is 0 Å². The standard InChI is InChI=1S/C10H13BrN2O2S/c11-9-4-2-6-13-10(9)16(14,15)8-3-1-5-12-7-8/h2,4,6,8,12H,1,3,5,7H2. The summed E-state index contributed by atoms with van der Waals surface area (Å²) in [5.41, 5.74) is 0. The first kappa shape index (κ1) is 12.0. The molecule has 0 aliphatic carbocycles. The molecule has 1 aromatic heterocycles. The maximum Gasteiger partial charge on any atom is 0.200 e. The summed E-state index contributed by atoms with van der Waals surface area (Å²) in [5, 5.41) is 2.91. The second-order valence-electron chi connectivity index (χ2n) is 3.80. The minimum Gasteiger partial charge on any atom is -0.315 e. The molecule has 1 aromatic rings. The van der Waals surface area contributed by atoms with Crippen LogP contribution < -0.4 is 5.32 Å². The molecule has 0 amide bonds. The van der Waals surface area contributed by atoms with Gasteiger partial charge in [-0.3, -0.25) is 0 Å². The van der Waals surface area contributed by atoms with E-state index in [0.29, 0.717) is 17.4 Å². The first-order chi connectivity index (χ1) is 7.62. The normalized spacial score (nSPS) is 21.9. The highest BCUT2D eigenvalue weighted by atomic mass is 79.9. The van der Waals surface area contributed by atoms with E-state index in [1.807, 2.05) is 0 Å². The van der Waals surface area contributed by atoms with E-state index in [4.69, 9.17) is 0 Å². The zero-order valence-corrected chi connectivity index (χ0v) is 11.1. The highest BCUT2D eigenvalue weighted by molar-refractivity contribution is 9.10. The van der Waals surface area contributed by atoms with Crippen LogP contribution in [0.5, 0.6) is 0 Å². The summed E-state index contributed by atoms with van der Waals surface area (Å²) in [5.74, 6) is 0. The topological polar surface area (TPSA) is 59.1 Å². The van der Waals surface area contributed by atoms with E-state index < -0.39 is 9.84 Å². The average Bonchev–Trinajstić information content (AvgIpc) is 2.30. The summed E-state index contributed by atoms with van der Waals surface area (Å²) in [7, 11) is -3.31. The fraction of sp³-hybridized carbons (Fsp3) is 0.500. The van der Waals surface area contributed by atoms with Gasteiger partial charge < -0.3 is 5.32 Å². The fourth-order valence-electron chi connectivity index (χ4n) is 1.82. The zero-order valence-electron chi connectivity index (χ0n) is 8.69. The minimum absolute atomic E-state index is 0.156. The smallest absolute Gasteiger partial charge is 0.200 e. The number of halogens is 1. The van der Waals surface area contributed by atoms with Gasteiger partial charge in [0.1, 0.15) is 0 Å². The van der Waals surface area contributed by atoms with Gasteiger partial charge in [0.05, 0.1) is 9.72 Å². The summed E-state index contributed by atoms with van der Waals surface area (Å²) in [6.45, 7) is 1.42. The van der Waals surface area contributed by atoms with Crippen molar-refractivity contribution in [1.82, 2.24) is 10.3 Å². The molecule has 2 heterocycles. The predicted octanol–water partition coefficient (Wildman–Crippen LogP) is 1.37. The van der Waals surface area contributed by atoms with E-state index in [0.717, 1.165) is 13.0 Å². The number of nitrogens with zero attached hydrogens (tertiary/aromatic N) is 1. The fourth-order valence-corrected chi connectivity index (χ4v) is 4.43. The summed E-state index contributed by atoms with van der Waals surface area (Å²) in [6, 6.07) is 3.42. The average molecular weight is 305 g/mol. The van der Waals surface area contributed by atoms with Crippen LogP contribution in [-0.4, -0.2) is 31.7 Å². The monoisotopic (exact) mass is 304 g/mol. The number of sulfone groups is 1. The third kappa shape index (κ3) is 2.28. The van der Waals surface area contributed by atoms with Gasteiger partial charge in [-0.15, -0.1) is 0 Å². The molecule has 16 heavy (non-hydrogen) atoms. The Labute approximate surface area is 104 Å². The van der Waals surface area contributed by atoms with Gasteiger partial charge in [0.25, 0.3) is 0 Å². The number of pyridine rings is 1. The molecule has 1 saturated heterocycles. The Morgan fingerprint density at radius 3 is 2.94 bits per heavy atom. The Hall–Kier alpha value is -0.460. The Kier molecular flexibility index (Phi) is 3.61. The molecule has 1 fully saturated rings. The number of nitrogens with one attached hydrogen (secondary N) is 1. The molecule has 1 atom stereocenters. The van der Waals surface area contributed by atoms with Crippen LogP contribution in [0.15, 0.2) is 27.8 Å².